The standard InChI is InChI=1S/C22H17FN4O/c23-16-6-3-4-14(10-16)11-17-8-9-20(21(24)26-17)27-22(28)19-13-25-12-15-5-1-2-7-18(15)19/h1-10,12-13H,11H2,(H2,24,26)(H,27,28). The van der Waals surface area contributed by atoms with Gasteiger partial charge >= 0.3 is 0 Å². The first-order valence-electron chi connectivity index (χ1n) is 8.74. The average Bonchev–Trinajstić information content (AvgIpc) is 2.69. The zero-order valence-electron chi connectivity index (χ0n) is 14.9. The summed E-state index contributed by atoms with van der Waals surface area (Å²) >= 11 is 0. The number of nitrogens with two attached hydrogens (primary N) is 1. The summed E-state index contributed by atoms with van der Waals surface area (Å²) in [6.45, 7) is 0. The number of hydrogen-bond acceptors (Lipinski definition) is 4. The summed E-state index contributed by atoms with van der Waals surface area (Å²) in [6.07, 6.45) is 3.69. The highest BCUT2D eigenvalue weighted by atomic mass is 19.1. The third-order valence-electron chi connectivity index (χ3n) is 4.42. The van der Waals surface area contributed by atoms with E-state index in [4.69, 9.17) is 5.73 Å². The maximum Gasteiger partial charge on any atom is 0.257 e. The lowest BCUT2D eigenvalue weighted by Crippen LogP contribution is -2.15. The van der Waals surface area contributed by atoms with Crippen molar-refractivity contribution in [3.8, 4) is 0 Å². The maximum absolute atomic E-state index is 13.3. The van der Waals surface area contributed by atoms with Crippen molar-refractivity contribution in [1.82, 2.24) is 9.97 Å². The Morgan fingerprint density at radius 1 is 1.04 bits per heavy atom. The minimum absolute atomic E-state index is 0.204. The first kappa shape index (κ1) is 17.6. The summed E-state index contributed by atoms with van der Waals surface area (Å²) in [6, 6.07) is 17.3. The highest BCUT2D eigenvalue weighted by molar-refractivity contribution is 6.13. The number of carbonyl (C=O) groups is 1. The number of rotatable bonds is 4. The van der Waals surface area contributed by atoms with E-state index < -0.39 is 0 Å². The molecule has 1 amide bonds. The summed E-state index contributed by atoms with van der Waals surface area (Å²) in [5.74, 6) is -0.399. The Kier molecular flexibility index (Phi) is 4.68. The van der Waals surface area contributed by atoms with Gasteiger partial charge in [0.05, 0.1) is 11.3 Å². The number of pyridine rings is 2. The SMILES string of the molecule is Nc1nc(Cc2cccc(F)c2)ccc1NC(=O)c1cncc2ccccc12. The van der Waals surface area contributed by atoms with Crippen LogP contribution in [0.1, 0.15) is 21.6 Å². The van der Waals surface area contributed by atoms with Crippen molar-refractivity contribution in [2.24, 2.45) is 0 Å². The Bertz CT molecular complexity index is 1170. The number of benzene rings is 2. The quantitative estimate of drug-likeness (QED) is 0.563. The molecule has 2 aromatic heterocycles. The summed E-state index contributed by atoms with van der Waals surface area (Å²) in [5, 5.41) is 4.48. The normalized spacial score (nSPS) is 10.8. The van der Waals surface area contributed by atoms with Crippen LogP contribution in [0.5, 0.6) is 0 Å². The molecule has 2 aromatic carbocycles. The highest BCUT2D eigenvalue weighted by Crippen LogP contribution is 2.22. The van der Waals surface area contributed by atoms with E-state index in [1.807, 2.05) is 30.3 Å². The lowest BCUT2D eigenvalue weighted by molar-refractivity contribution is 0.102. The fourth-order valence-corrected chi connectivity index (χ4v) is 3.06. The van der Waals surface area contributed by atoms with E-state index in [0.29, 0.717) is 23.4 Å². The van der Waals surface area contributed by atoms with Crippen LogP contribution in [0.4, 0.5) is 15.9 Å². The van der Waals surface area contributed by atoms with Crippen LogP contribution in [0.3, 0.4) is 0 Å². The molecule has 4 rings (SSSR count). The minimum Gasteiger partial charge on any atom is -0.382 e. The van der Waals surface area contributed by atoms with Crippen molar-refractivity contribution in [3.63, 3.8) is 0 Å². The summed E-state index contributed by atoms with van der Waals surface area (Å²) in [4.78, 5) is 21.2. The van der Waals surface area contributed by atoms with Gasteiger partial charge in [-0.15, -0.1) is 0 Å². The molecule has 0 radical (unpaired) electrons. The van der Waals surface area contributed by atoms with Crippen LogP contribution >= 0.6 is 0 Å². The number of nitrogens with one attached hydrogen (secondary N) is 1. The van der Waals surface area contributed by atoms with Crippen molar-refractivity contribution < 1.29 is 9.18 Å². The molecule has 3 N–H and O–H groups in total. The molecule has 2 heterocycles. The molecule has 0 aliphatic carbocycles. The summed E-state index contributed by atoms with van der Waals surface area (Å²) in [5.41, 5.74) is 8.39. The van der Waals surface area contributed by atoms with Crippen LogP contribution in [-0.4, -0.2) is 15.9 Å². The summed E-state index contributed by atoms with van der Waals surface area (Å²) < 4.78 is 13.3. The fraction of sp³-hybridized carbons (Fsp3) is 0.0455. The van der Waals surface area contributed by atoms with E-state index in [9.17, 15) is 9.18 Å². The fourth-order valence-electron chi connectivity index (χ4n) is 3.06. The van der Waals surface area contributed by atoms with Crippen molar-refractivity contribution in [2.45, 2.75) is 6.42 Å². The maximum atomic E-state index is 13.3. The Morgan fingerprint density at radius 2 is 1.89 bits per heavy atom. The molecule has 0 unspecified atom stereocenters. The number of nitrogen functional groups attached to an aromatic ring is 1. The van der Waals surface area contributed by atoms with Gasteiger partial charge < -0.3 is 11.1 Å². The van der Waals surface area contributed by atoms with E-state index in [-0.39, 0.29) is 17.5 Å². The number of carbonyl (C=O) groups excluding carboxylic acids is 1. The van der Waals surface area contributed by atoms with E-state index in [0.717, 1.165) is 16.3 Å². The smallest absolute Gasteiger partial charge is 0.257 e. The second-order valence-electron chi connectivity index (χ2n) is 6.40. The topological polar surface area (TPSA) is 80.9 Å². The van der Waals surface area contributed by atoms with Crippen LogP contribution in [-0.2, 0) is 6.42 Å². The third kappa shape index (κ3) is 3.66. The van der Waals surface area contributed by atoms with E-state index in [1.54, 1.807) is 24.4 Å². The van der Waals surface area contributed by atoms with Gasteiger partial charge in [0, 0.05) is 29.9 Å². The molecule has 0 aliphatic rings. The molecule has 0 saturated carbocycles. The average molecular weight is 372 g/mol. The lowest BCUT2D eigenvalue weighted by atomic mass is 10.1. The second-order valence-corrected chi connectivity index (χ2v) is 6.40. The molecule has 138 valence electrons. The van der Waals surface area contributed by atoms with Gasteiger partial charge in [0.25, 0.3) is 5.91 Å². The highest BCUT2D eigenvalue weighted by Gasteiger charge is 2.13. The lowest BCUT2D eigenvalue weighted by Gasteiger charge is -2.11. The molecule has 6 heteroatoms. The first-order valence-corrected chi connectivity index (χ1v) is 8.74. The van der Waals surface area contributed by atoms with Crippen LogP contribution in [0.2, 0.25) is 0 Å². The zero-order valence-corrected chi connectivity index (χ0v) is 14.9. The number of hydrogen-bond donors (Lipinski definition) is 2. The second kappa shape index (κ2) is 7.44. The van der Waals surface area contributed by atoms with Crippen molar-refractivity contribution in [1.29, 1.82) is 0 Å². The molecule has 0 aliphatic heterocycles. The molecule has 0 bridgehead atoms. The number of anilines is 2. The van der Waals surface area contributed by atoms with Gasteiger partial charge in [-0.2, -0.15) is 0 Å². The first-order chi connectivity index (χ1) is 13.6. The van der Waals surface area contributed by atoms with Gasteiger partial charge in [0.1, 0.15) is 11.6 Å². The predicted molar refractivity (Wildman–Crippen MR) is 108 cm³/mol. The number of nitrogens with zero attached hydrogens (tertiary/aromatic N) is 2. The van der Waals surface area contributed by atoms with Gasteiger partial charge in [-0.3, -0.25) is 9.78 Å². The molecule has 0 atom stereocenters. The largest absolute Gasteiger partial charge is 0.382 e. The molecule has 0 fully saturated rings. The van der Waals surface area contributed by atoms with Crippen molar-refractivity contribution in [3.05, 3.63) is 95.7 Å². The predicted octanol–water partition coefficient (Wildman–Crippen LogP) is 4.19. The van der Waals surface area contributed by atoms with Gasteiger partial charge in [-0.05, 0) is 35.2 Å². The number of fused-ring (bicyclic) bond motifs is 1. The van der Waals surface area contributed by atoms with Crippen molar-refractivity contribution in [2.75, 3.05) is 11.1 Å². The van der Waals surface area contributed by atoms with Crippen LogP contribution in [0.15, 0.2) is 73.1 Å². The van der Waals surface area contributed by atoms with Crippen LogP contribution in [0.25, 0.3) is 10.8 Å². The van der Waals surface area contributed by atoms with Gasteiger partial charge in [-0.1, -0.05) is 36.4 Å². The Labute approximate surface area is 161 Å². The molecular formula is C22H17FN4O. The number of halogens is 1. The van der Waals surface area contributed by atoms with Gasteiger partial charge in [0.2, 0.25) is 0 Å². The zero-order chi connectivity index (χ0) is 19.5. The van der Waals surface area contributed by atoms with E-state index in [1.165, 1.54) is 18.3 Å². The van der Waals surface area contributed by atoms with Crippen molar-refractivity contribution >= 4 is 28.2 Å². The Balaban J connectivity index is 1.55. The Hall–Kier alpha value is -3.80. The van der Waals surface area contributed by atoms with Gasteiger partial charge in [-0.25, -0.2) is 9.37 Å². The molecule has 28 heavy (non-hydrogen) atoms. The number of amides is 1. The van der Waals surface area contributed by atoms with E-state index in [2.05, 4.69) is 15.3 Å². The molecular weight excluding hydrogens is 355 g/mol. The molecule has 4 aromatic rings. The molecule has 0 spiro atoms. The monoisotopic (exact) mass is 372 g/mol. The van der Waals surface area contributed by atoms with E-state index >= 15 is 0 Å². The van der Waals surface area contributed by atoms with Crippen LogP contribution < -0.4 is 11.1 Å². The summed E-state index contributed by atoms with van der Waals surface area (Å²) in [7, 11) is 0. The number of aromatic nitrogens is 2. The molecule has 5 nitrogen and oxygen atoms in total. The van der Waals surface area contributed by atoms with Gasteiger partial charge in [0.15, 0.2) is 0 Å². The Morgan fingerprint density at radius 3 is 2.71 bits per heavy atom. The third-order valence-corrected chi connectivity index (χ3v) is 4.42. The molecule has 0 saturated heterocycles. The van der Waals surface area contributed by atoms with Crippen LogP contribution in [0, 0.1) is 5.82 Å². The minimum atomic E-state index is -0.310.